The van der Waals surface area contributed by atoms with Crippen molar-refractivity contribution in [3.05, 3.63) is 11.8 Å². The molecule has 1 N–H and O–H groups in total. The van der Waals surface area contributed by atoms with Crippen LogP contribution in [-0.4, -0.2) is 42.3 Å². The van der Waals surface area contributed by atoms with Gasteiger partial charge in [-0.15, -0.1) is 0 Å². The van der Waals surface area contributed by atoms with Crippen LogP contribution in [0.2, 0.25) is 0 Å². The minimum Gasteiger partial charge on any atom is -0.373 e. The van der Waals surface area contributed by atoms with Crippen LogP contribution < -0.4 is 10.2 Å². The van der Waals surface area contributed by atoms with E-state index in [1.165, 1.54) is 0 Å². The maximum Gasteiger partial charge on any atom is 0.227 e. The van der Waals surface area contributed by atoms with Crippen molar-refractivity contribution in [2.45, 2.75) is 33.0 Å². The fraction of sp³-hybridized carbons (Fsp3) is 0.667. The zero-order valence-corrected chi connectivity index (χ0v) is 10.9. The highest BCUT2D eigenvalue weighted by molar-refractivity contribution is 5.43. The third-order valence-electron chi connectivity index (χ3n) is 2.80. The Kier molecular flexibility index (Phi) is 3.47. The van der Waals surface area contributed by atoms with Gasteiger partial charge >= 0.3 is 0 Å². The molecular weight excluding hydrogens is 216 g/mol. The van der Waals surface area contributed by atoms with Crippen molar-refractivity contribution in [1.82, 2.24) is 9.97 Å². The summed E-state index contributed by atoms with van der Waals surface area (Å²) in [6.45, 7) is 7.84. The first-order chi connectivity index (χ1) is 8.08. The summed E-state index contributed by atoms with van der Waals surface area (Å²) in [7, 11) is 1.87. The normalized spacial score (nSPS) is 24.8. The Hall–Kier alpha value is -1.36. The third-order valence-corrected chi connectivity index (χ3v) is 2.80. The first-order valence-electron chi connectivity index (χ1n) is 6.02. The van der Waals surface area contributed by atoms with Gasteiger partial charge in [-0.3, -0.25) is 0 Å². The van der Waals surface area contributed by atoms with Crippen LogP contribution in [0.15, 0.2) is 6.07 Å². The molecule has 0 aliphatic carbocycles. The molecule has 5 heteroatoms. The lowest BCUT2D eigenvalue weighted by Gasteiger charge is -2.35. The number of aryl methyl sites for hydroxylation is 1. The van der Waals surface area contributed by atoms with E-state index in [0.717, 1.165) is 30.5 Å². The minimum absolute atomic E-state index is 0.223. The van der Waals surface area contributed by atoms with Gasteiger partial charge in [-0.05, 0) is 20.8 Å². The summed E-state index contributed by atoms with van der Waals surface area (Å²) in [4.78, 5) is 11.2. The van der Waals surface area contributed by atoms with Gasteiger partial charge in [0.15, 0.2) is 0 Å². The SMILES string of the molecule is CNc1cc(C)nc(N2CC(C)OC(C)C2)n1. The molecule has 0 spiro atoms. The molecule has 2 rings (SSSR count). The number of hydrogen-bond acceptors (Lipinski definition) is 5. The van der Waals surface area contributed by atoms with Crippen LogP contribution in [0.3, 0.4) is 0 Å². The highest BCUT2D eigenvalue weighted by Gasteiger charge is 2.24. The number of rotatable bonds is 2. The summed E-state index contributed by atoms with van der Waals surface area (Å²) in [6.07, 6.45) is 0.446. The predicted octanol–water partition coefficient (Wildman–Crippen LogP) is 1.44. The average Bonchev–Trinajstić information content (AvgIpc) is 2.26. The number of morpholine rings is 1. The maximum absolute atomic E-state index is 5.71. The standard InChI is InChI=1S/C12H20N4O/c1-8-5-11(13-4)15-12(14-8)16-6-9(2)17-10(3)7-16/h5,9-10H,6-7H2,1-4H3,(H,13,14,15). The summed E-state index contributed by atoms with van der Waals surface area (Å²) < 4.78 is 5.71. The topological polar surface area (TPSA) is 50.3 Å². The van der Waals surface area contributed by atoms with E-state index in [0.29, 0.717) is 0 Å². The van der Waals surface area contributed by atoms with Gasteiger partial charge in [0.25, 0.3) is 0 Å². The number of nitrogens with zero attached hydrogens (tertiary/aromatic N) is 3. The van der Waals surface area contributed by atoms with E-state index < -0.39 is 0 Å². The Morgan fingerprint density at radius 3 is 2.53 bits per heavy atom. The van der Waals surface area contributed by atoms with Crippen molar-refractivity contribution in [3.63, 3.8) is 0 Å². The zero-order valence-electron chi connectivity index (χ0n) is 10.9. The highest BCUT2D eigenvalue weighted by Crippen LogP contribution is 2.18. The van der Waals surface area contributed by atoms with Crippen LogP contribution in [0.5, 0.6) is 0 Å². The monoisotopic (exact) mass is 236 g/mol. The van der Waals surface area contributed by atoms with E-state index in [1.54, 1.807) is 0 Å². The van der Waals surface area contributed by atoms with Gasteiger partial charge in [-0.2, -0.15) is 4.98 Å². The van der Waals surface area contributed by atoms with E-state index in [2.05, 4.69) is 34.0 Å². The van der Waals surface area contributed by atoms with E-state index in [9.17, 15) is 0 Å². The van der Waals surface area contributed by atoms with Crippen molar-refractivity contribution in [2.75, 3.05) is 30.4 Å². The van der Waals surface area contributed by atoms with Gasteiger partial charge < -0.3 is 15.0 Å². The quantitative estimate of drug-likeness (QED) is 0.842. The van der Waals surface area contributed by atoms with Gasteiger partial charge in [0, 0.05) is 31.9 Å². The van der Waals surface area contributed by atoms with Crippen LogP contribution in [0.25, 0.3) is 0 Å². The summed E-state index contributed by atoms with van der Waals surface area (Å²) in [5.41, 5.74) is 0.978. The van der Waals surface area contributed by atoms with Crippen LogP contribution in [0, 0.1) is 6.92 Å². The molecule has 1 fully saturated rings. The Morgan fingerprint density at radius 2 is 1.94 bits per heavy atom. The van der Waals surface area contributed by atoms with Gasteiger partial charge in [0.05, 0.1) is 12.2 Å². The molecule has 2 heterocycles. The van der Waals surface area contributed by atoms with Crippen LogP contribution in [0.4, 0.5) is 11.8 Å². The van der Waals surface area contributed by atoms with Gasteiger partial charge in [0.1, 0.15) is 5.82 Å². The fourth-order valence-corrected chi connectivity index (χ4v) is 2.16. The van der Waals surface area contributed by atoms with Crippen molar-refractivity contribution in [2.24, 2.45) is 0 Å². The smallest absolute Gasteiger partial charge is 0.227 e. The molecule has 2 atom stereocenters. The van der Waals surface area contributed by atoms with Crippen molar-refractivity contribution >= 4 is 11.8 Å². The Balaban J connectivity index is 2.23. The molecule has 1 aromatic rings. The molecule has 0 saturated carbocycles. The van der Waals surface area contributed by atoms with Crippen molar-refractivity contribution in [1.29, 1.82) is 0 Å². The summed E-state index contributed by atoms with van der Waals surface area (Å²) in [5, 5.41) is 3.06. The molecule has 94 valence electrons. The molecule has 0 amide bonds. The Bertz CT molecular complexity index is 386. The molecule has 17 heavy (non-hydrogen) atoms. The lowest BCUT2D eigenvalue weighted by atomic mass is 10.2. The molecule has 2 unspecified atom stereocenters. The molecule has 5 nitrogen and oxygen atoms in total. The lowest BCUT2D eigenvalue weighted by molar-refractivity contribution is -0.00572. The number of anilines is 2. The van der Waals surface area contributed by atoms with Gasteiger partial charge in [-0.25, -0.2) is 4.98 Å². The molecular formula is C12H20N4O. The number of aromatic nitrogens is 2. The molecule has 0 aromatic carbocycles. The van der Waals surface area contributed by atoms with Crippen LogP contribution in [-0.2, 0) is 4.74 Å². The molecule has 0 radical (unpaired) electrons. The lowest BCUT2D eigenvalue weighted by Crippen LogP contribution is -2.46. The summed E-state index contributed by atoms with van der Waals surface area (Å²) >= 11 is 0. The van der Waals surface area contributed by atoms with Gasteiger partial charge in [0.2, 0.25) is 5.95 Å². The second-order valence-electron chi connectivity index (χ2n) is 4.61. The van der Waals surface area contributed by atoms with Crippen molar-refractivity contribution < 1.29 is 4.74 Å². The Morgan fingerprint density at radius 1 is 1.29 bits per heavy atom. The number of nitrogens with one attached hydrogen (secondary N) is 1. The second-order valence-corrected chi connectivity index (χ2v) is 4.61. The van der Waals surface area contributed by atoms with Gasteiger partial charge in [-0.1, -0.05) is 0 Å². The Labute approximate surface area is 102 Å². The first-order valence-corrected chi connectivity index (χ1v) is 6.02. The first kappa shape index (κ1) is 12.1. The van der Waals surface area contributed by atoms with E-state index in [-0.39, 0.29) is 12.2 Å². The summed E-state index contributed by atoms with van der Waals surface area (Å²) in [5.74, 6) is 1.65. The molecule has 1 saturated heterocycles. The fourth-order valence-electron chi connectivity index (χ4n) is 2.16. The number of hydrogen-bond donors (Lipinski definition) is 1. The highest BCUT2D eigenvalue weighted by atomic mass is 16.5. The average molecular weight is 236 g/mol. The molecule has 1 aromatic heterocycles. The molecule has 1 aliphatic rings. The van der Waals surface area contributed by atoms with Crippen LogP contribution >= 0.6 is 0 Å². The summed E-state index contributed by atoms with van der Waals surface area (Å²) in [6, 6.07) is 1.94. The zero-order chi connectivity index (χ0) is 12.4. The maximum atomic E-state index is 5.71. The third kappa shape index (κ3) is 2.85. The van der Waals surface area contributed by atoms with E-state index in [4.69, 9.17) is 4.74 Å². The molecule has 0 bridgehead atoms. The van der Waals surface area contributed by atoms with Crippen LogP contribution in [0.1, 0.15) is 19.5 Å². The predicted molar refractivity (Wildman–Crippen MR) is 68.5 cm³/mol. The molecule has 1 aliphatic heterocycles. The minimum atomic E-state index is 0.223. The van der Waals surface area contributed by atoms with Crippen molar-refractivity contribution in [3.8, 4) is 0 Å². The second kappa shape index (κ2) is 4.87. The number of ether oxygens (including phenoxy) is 1. The van der Waals surface area contributed by atoms with E-state index in [1.807, 2.05) is 20.0 Å². The van der Waals surface area contributed by atoms with E-state index >= 15 is 0 Å². The largest absolute Gasteiger partial charge is 0.373 e.